The number of hydrogen-bond donors (Lipinski definition) is 9. The average Bonchev–Trinajstić information content (AvgIpc) is 1.30. The van der Waals surface area contributed by atoms with Crippen LogP contribution in [0.1, 0.15) is 160 Å². The van der Waals surface area contributed by atoms with E-state index in [-0.39, 0.29) is 102 Å². The molecular formula is C91H116Cl4N14O6. The summed E-state index contributed by atoms with van der Waals surface area (Å²) in [5, 5.41) is 29.4. The number of benzene rings is 8. The second-order valence-electron chi connectivity index (χ2n) is 31.1. The molecule has 6 amide bonds. The van der Waals surface area contributed by atoms with Crippen LogP contribution in [0.5, 0.6) is 0 Å². The van der Waals surface area contributed by atoms with Crippen LogP contribution in [0.15, 0.2) is 187 Å². The maximum Gasteiger partial charge on any atom is 0.251 e. The number of halogens is 4. The second-order valence-corrected chi connectivity index (χ2v) is 32.8. The zero-order valence-electron chi connectivity index (χ0n) is 67.1. The third-order valence-corrected chi connectivity index (χ3v) is 23.5. The Morgan fingerprint density at radius 1 is 0.470 bits per heavy atom. The number of nitrogens with zero attached hydrogens (tertiary/aromatic N) is 5. The van der Waals surface area contributed by atoms with Crippen molar-refractivity contribution in [3.63, 3.8) is 0 Å². The molecule has 12 rings (SSSR count). The highest BCUT2D eigenvalue weighted by molar-refractivity contribution is 6.35. The van der Waals surface area contributed by atoms with Gasteiger partial charge in [0.05, 0.1) is 25.0 Å². The molecule has 4 aliphatic rings. The first-order valence-corrected chi connectivity index (χ1v) is 42.6. The molecular weight excluding hydrogens is 1530 g/mol. The first kappa shape index (κ1) is 88.7. The molecule has 0 bridgehead atoms. The van der Waals surface area contributed by atoms with Crippen molar-refractivity contribution in [2.75, 3.05) is 91.6 Å². The normalized spacial score (nSPS) is 19.7. The number of carbonyl (C=O) groups is 6. The Bertz CT molecular complexity index is 4500. The summed E-state index contributed by atoms with van der Waals surface area (Å²) in [5.74, 6) is 0.639. The molecule has 614 valence electrons. The van der Waals surface area contributed by atoms with Crippen molar-refractivity contribution in [2.24, 2.45) is 16.5 Å². The predicted octanol–water partition coefficient (Wildman–Crippen LogP) is 13.5. The van der Waals surface area contributed by atoms with E-state index in [2.05, 4.69) is 147 Å². The SMILES string of the molecule is CC[C@H](CN1CC[C@@H](CNC(=O)Cc2ccc(Cl)cc2Cl)N[C@@H](CCN2CCCCC2)C1=O)c1ccccc1.CC[C@H](CN1CC[C@@H](CNC(=O)c2ccc3cc(Cl)ccc3c2)N[C@@H](CN=C(N)N)C1=O)c1ccccc1.CC[C@H](CN1CC[C@@H](CNC(=O)c2ccc3cc(Cl)ccc3c2)N[C@@H](CNC(C)C)C1=O)c1ccccc1. The van der Waals surface area contributed by atoms with Gasteiger partial charge in [-0.05, 0) is 175 Å². The smallest absolute Gasteiger partial charge is 0.251 e. The predicted molar refractivity (Wildman–Crippen MR) is 469 cm³/mol. The molecule has 20 nitrogen and oxygen atoms in total. The average molecular weight is 1640 g/mol. The molecule has 9 atom stereocenters. The third-order valence-electron chi connectivity index (χ3n) is 22.4. The number of rotatable bonds is 30. The molecule has 4 heterocycles. The van der Waals surface area contributed by atoms with E-state index in [4.69, 9.17) is 57.9 Å². The molecule has 11 N–H and O–H groups in total. The van der Waals surface area contributed by atoms with Crippen LogP contribution in [0.25, 0.3) is 21.5 Å². The molecule has 0 unspecified atom stereocenters. The number of piperidine rings is 1. The van der Waals surface area contributed by atoms with Crippen LogP contribution in [-0.2, 0) is 25.6 Å². The molecule has 4 aliphatic heterocycles. The standard InChI is InChI=1S/C31H42Cl2N4O2.C31H39ClN4O2.C29H35ClN6O2/c1-2-23(24-9-5-3-6-10-24)22-37-18-13-27(21-34-30(38)19-25-11-12-26(32)20-28(25)33)35-29(31(37)39)14-17-36-15-7-4-8-16-36;1-4-22(23-8-6-5-7-9-23)20-36-15-14-28(35-29(31(36)38)19-33-21(2)3)18-34-30(37)26-11-10-25-17-27(32)13-12-24(25)16-26;1-2-19(20-6-4-3-5-7-20)18-36-13-12-25(35-26(28(36)38)17-34-29(31)32)16-33-27(37)23-9-8-22-15-24(30)11-10-21(22)14-23/h3,5-6,9-12,20,23,27,29,35H,2,4,7-8,13-19,21-22H2,1H3,(H,34,38);5-13,16-17,21-22,28-29,33,35H,4,14-15,18-20H2,1-3H3,(H,34,37);3-11,14-15,19,25-26,35H,2,12-13,16-18H2,1H3,(H,33,37)(H4,31,32,34)/t23-,27+,29+;22-,28+,29+;19-,25+,26+/m111/s1. The third kappa shape index (κ3) is 27.2. The van der Waals surface area contributed by atoms with Gasteiger partial charge in [-0.2, -0.15) is 0 Å². The van der Waals surface area contributed by atoms with Gasteiger partial charge >= 0.3 is 0 Å². The highest BCUT2D eigenvalue weighted by Gasteiger charge is 2.36. The van der Waals surface area contributed by atoms with Crippen LogP contribution in [-0.4, -0.2) is 195 Å². The summed E-state index contributed by atoms with van der Waals surface area (Å²) in [7, 11) is 0. The largest absolute Gasteiger partial charge is 0.370 e. The van der Waals surface area contributed by atoms with Crippen LogP contribution < -0.4 is 48.7 Å². The Balaban J connectivity index is 0.000000182. The molecule has 4 fully saturated rings. The van der Waals surface area contributed by atoms with E-state index < -0.39 is 6.04 Å². The minimum atomic E-state index is -0.583. The Hall–Kier alpha value is -8.67. The van der Waals surface area contributed by atoms with Gasteiger partial charge in [-0.1, -0.05) is 209 Å². The van der Waals surface area contributed by atoms with Gasteiger partial charge in [0.1, 0.15) is 6.04 Å². The number of fused-ring (bicyclic) bond motifs is 2. The lowest BCUT2D eigenvalue weighted by Gasteiger charge is -2.31. The van der Waals surface area contributed by atoms with Crippen LogP contribution in [0.2, 0.25) is 20.1 Å². The quantitative estimate of drug-likeness (QED) is 0.0150. The summed E-state index contributed by atoms with van der Waals surface area (Å²) in [6.45, 7) is 19.7. The van der Waals surface area contributed by atoms with Crippen molar-refractivity contribution < 1.29 is 28.8 Å². The fourth-order valence-corrected chi connectivity index (χ4v) is 16.5. The first-order valence-electron chi connectivity index (χ1n) is 41.1. The molecule has 0 spiro atoms. The van der Waals surface area contributed by atoms with Gasteiger partial charge in [0.2, 0.25) is 23.6 Å². The van der Waals surface area contributed by atoms with Crippen molar-refractivity contribution in [1.29, 1.82) is 0 Å². The van der Waals surface area contributed by atoms with E-state index in [1.807, 2.05) is 101 Å². The van der Waals surface area contributed by atoms with Crippen LogP contribution in [0, 0.1) is 0 Å². The topological polar surface area (TPSA) is 264 Å². The molecule has 24 heteroatoms. The molecule has 0 aliphatic carbocycles. The summed E-state index contributed by atoms with van der Waals surface area (Å²) >= 11 is 24.4. The lowest BCUT2D eigenvalue weighted by molar-refractivity contribution is -0.133. The van der Waals surface area contributed by atoms with Crippen molar-refractivity contribution in [3.05, 3.63) is 235 Å². The van der Waals surface area contributed by atoms with E-state index in [0.717, 1.165) is 91.8 Å². The molecule has 4 saturated heterocycles. The first-order chi connectivity index (χ1) is 55.6. The van der Waals surface area contributed by atoms with E-state index in [1.165, 1.54) is 36.0 Å². The van der Waals surface area contributed by atoms with Crippen molar-refractivity contribution >= 4 is 109 Å². The number of carbonyl (C=O) groups excluding carboxylic acids is 6. The van der Waals surface area contributed by atoms with E-state index in [1.54, 1.807) is 30.3 Å². The van der Waals surface area contributed by atoms with E-state index in [0.29, 0.717) is 102 Å². The lowest BCUT2D eigenvalue weighted by atomic mass is 9.95. The van der Waals surface area contributed by atoms with Crippen LogP contribution in [0.3, 0.4) is 0 Å². The van der Waals surface area contributed by atoms with Gasteiger partial charge in [0.15, 0.2) is 5.96 Å². The molecule has 115 heavy (non-hydrogen) atoms. The monoisotopic (exact) mass is 1640 g/mol. The second kappa shape index (κ2) is 45.2. The van der Waals surface area contributed by atoms with Crippen molar-refractivity contribution in [1.82, 2.24) is 56.8 Å². The zero-order chi connectivity index (χ0) is 81.8. The summed E-state index contributed by atoms with van der Waals surface area (Å²) in [6.07, 6.45) is 9.85. The number of nitrogens with one attached hydrogen (secondary N) is 7. The summed E-state index contributed by atoms with van der Waals surface area (Å²) in [5.41, 5.74) is 16.8. The molecule has 0 radical (unpaired) electrons. The van der Waals surface area contributed by atoms with Crippen molar-refractivity contribution in [2.45, 2.75) is 165 Å². The van der Waals surface area contributed by atoms with E-state index in [9.17, 15) is 28.8 Å². The minimum absolute atomic E-state index is 0.0112. The lowest BCUT2D eigenvalue weighted by Crippen LogP contribution is -2.54. The number of guanidine groups is 1. The number of aliphatic imine (C=N–C) groups is 1. The van der Waals surface area contributed by atoms with Crippen LogP contribution in [0.4, 0.5) is 0 Å². The summed E-state index contributed by atoms with van der Waals surface area (Å²) in [6, 6.07) is 57.7. The number of nitrogens with two attached hydrogens (primary N) is 2. The maximum atomic E-state index is 13.8. The zero-order valence-corrected chi connectivity index (χ0v) is 70.1. The van der Waals surface area contributed by atoms with Gasteiger partial charge in [-0.15, -0.1) is 0 Å². The molecule has 0 saturated carbocycles. The van der Waals surface area contributed by atoms with Gasteiger partial charge < -0.3 is 63.0 Å². The Morgan fingerprint density at radius 2 is 0.870 bits per heavy atom. The van der Waals surface area contributed by atoms with Gasteiger partial charge in [0, 0.05) is 145 Å². The maximum absolute atomic E-state index is 13.8. The number of amides is 6. The van der Waals surface area contributed by atoms with Crippen molar-refractivity contribution in [3.8, 4) is 0 Å². The highest BCUT2D eigenvalue weighted by Crippen LogP contribution is 2.29. The molecule has 8 aromatic rings. The van der Waals surface area contributed by atoms with Gasteiger partial charge in [0.25, 0.3) is 11.8 Å². The van der Waals surface area contributed by atoms with E-state index >= 15 is 0 Å². The summed E-state index contributed by atoms with van der Waals surface area (Å²) < 4.78 is 0. The fraction of sp³-hybridized carbons (Fsp3) is 0.440. The molecule has 0 aromatic heterocycles. The highest BCUT2D eigenvalue weighted by atomic mass is 35.5. The Kier molecular flexibility index (Phi) is 34.8. The Labute approximate surface area is 699 Å². The number of hydrogen-bond acceptors (Lipinski definition) is 12. The van der Waals surface area contributed by atoms with Crippen LogP contribution >= 0.6 is 46.4 Å². The minimum Gasteiger partial charge on any atom is -0.370 e. The van der Waals surface area contributed by atoms with Gasteiger partial charge in [-0.25, -0.2) is 0 Å². The fourth-order valence-electron chi connectivity index (χ4n) is 15.7. The molecule has 8 aromatic carbocycles. The summed E-state index contributed by atoms with van der Waals surface area (Å²) in [4.78, 5) is 92.2. The number of likely N-dealkylation sites (tertiary alicyclic amines) is 1. The Morgan fingerprint density at radius 3 is 1.31 bits per heavy atom. The van der Waals surface area contributed by atoms with Gasteiger partial charge in [-0.3, -0.25) is 39.1 Å².